The van der Waals surface area contributed by atoms with Crippen LogP contribution < -0.4 is 0 Å². The third kappa shape index (κ3) is 6.03. The first-order valence-corrected chi connectivity index (χ1v) is 15.1. The molecule has 0 radical (unpaired) electrons. The molecule has 234 valence electrons. The Hall–Kier alpha value is -4.66. The predicted molar refractivity (Wildman–Crippen MR) is 161 cm³/mol. The van der Waals surface area contributed by atoms with E-state index in [1.165, 1.54) is 18.6 Å². The van der Waals surface area contributed by atoms with E-state index in [1.807, 2.05) is 24.0 Å². The minimum absolute atomic E-state index is 0.0652. The zero-order valence-corrected chi connectivity index (χ0v) is 25.2. The Bertz CT molecular complexity index is 1790. The molecule has 9 nitrogen and oxygen atoms in total. The van der Waals surface area contributed by atoms with E-state index < -0.39 is 11.9 Å². The van der Waals surface area contributed by atoms with Gasteiger partial charge in [-0.25, -0.2) is 4.98 Å². The largest absolute Gasteiger partial charge is 0.435 e. The van der Waals surface area contributed by atoms with Gasteiger partial charge in [0.05, 0.1) is 23.1 Å². The molecule has 45 heavy (non-hydrogen) atoms. The van der Waals surface area contributed by atoms with Crippen molar-refractivity contribution in [3.05, 3.63) is 71.1 Å². The fourth-order valence-electron chi connectivity index (χ4n) is 6.55. The van der Waals surface area contributed by atoms with Crippen LogP contribution >= 0.6 is 0 Å². The van der Waals surface area contributed by atoms with Gasteiger partial charge in [0.2, 0.25) is 5.91 Å². The number of amides is 2. The summed E-state index contributed by atoms with van der Waals surface area (Å²) < 4.78 is 44.1. The second kappa shape index (κ2) is 12.0. The Kier molecular flexibility index (Phi) is 8.12. The zero-order chi connectivity index (χ0) is 31.9. The monoisotopic (exact) mass is 617 g/mol. The van der Waals surface area contributed by atoms with Crippen LogP contribution in [0.15, 0.2) is 43.0 Å². The molecule has 1 aromatic carbocycles. The molecular formula is C33H34F3N7O2. The van der Waals surface area contributed by atoms with Crippen molar-refractivity contribution in [2.75, 3.05) is 26.2 Å². The lowest BCUT2D eigenvalue weighted by molar-refractivity contribution is -0.141. The van der Waals surface area contributed by atoms with Crippen LogP contribution in [-0.4, -0.2) is 71.9 Å². The van der Waals surface area contributed by atoms with Crippen molar-refractivity contribution in [2.24, 2.45) is 11.8 Å². The molecule has 1 aliphatic heterocycles. The number of hydrogen-bond donors (Lipinski definition) is 0. The Balaban J connectivity index is 1.17. The third-order valence-electron chi connectivity index (χ3n) is 8.88. The number of halogens is 3. The normalized spacial score (nSPS) is 18.8. The van der Waals surface area contributed by atoms with E-state index >= 15 is 0 Å². The summed E-state index contributed by atoms with van der Waals surface area (Å²) in [6.45, 7) is 6.07. The summed E-state index contributed by atoms with van der Waals surface area (Å²) in [5, 5.41) is 3.66. The molecule has 4 heterocycles. The number of imidazole rings is 1. The van der Waals surface area contributed by atoms with Crippen LogP contribution in [0, 0.1) is 31.1 Å². The highest BCUT2D eigenvalue weighted by Crippen LogP contribution is 2.37. The van der Waals surface area contributed by atoms with Crippen LogP contribution in [0.5, 0.6) is 0 Å². The van der Waals surface area contributed by atoms with Crippen molar-refractivity contribution in [2.45, 2.75) is 52.3 Å². The van der Waals surface area contributed by atoms with Crippen LogP contribution in [0.2, 0.25) is 0 Å². The summed E-state index contributed by atoms with van der Waals surface area (Å²) in [5.41, 5.74) is 2.34. The third-order valence-corrected chi connectivity index (χ3v) is 8.88. The molecule has 2 atom stereocenters. The Morgan fingerprint density at radius 3 is 2.51 bits per heavy atom. The predicted octanol–water partition coefficient (Wildman–Crippen LogP) is 4.86. The molecule has 6 rings (SSSR count). The SMILES string of the molecule is C#CCn1cc(-c2cnc3c(Cc4ccc(C(=O)N5CCN(C(=O)[C@@H]6CC[C@@H](C)C6)CC5)c(C)c4)nccn23)c(C(F)(F)F)n1. The lowest BCUT2D eigenvalue weighted by Crippen LogP contribution is -2.51. The van der Waals surface area contributed by atoms with Gasteiger partial charge in [0.1, 0.15) is 6.54 Å². The van der Waals surface area contributed by atoms with Gasteiger partial charge in [-0.1, -0.05) is 25.0 Å². The molecule has 0 spiro atoms. The molecule has 1 saturated heterocycles. The number of alkyl halides is 3. The maximum atomic E-state index is 13.8. The number of nitrogens with zero attached hydrogens (tertiary/aromatic N) is 7. The fraction of sp³-hybridized carbons (Fsp3) is 0.424. The van der Waals surface area contributed by atoms with Gasteiger partial charge in [0.15, 0.2) is 11.3 Å². The average molecular weight is 618 g/mol. The number of hydrogen-bond acceptors (Lipinski definition) is 5. The van der Waals surface area contributed by atoms with E-state index in [4.69, 9.17) is 6.42 Å². The van der Waals surface area contributed by atoms with Crippen molar-refractivity contribution in [1.29, 1.82) is 0 Å². The zero-order valence-electron chi connectivity index (χ0n) is 25.2. The summed E-state index contributed by atoms with van der Waals surface area (Å²) in [5.74, 6) is 3.17. The van der Waals surface area contributed by atoms with E-state index in [0.717, 1.165) is 35.1 Å². The minimum Gasteiger partial charge on any atom is -0.339 e. The summed E-state index contributed by atoms with van der Waals surface area (Å²) in [6, 6.07) is 5.59. The second-order valence-electron chi connectivity index (χ2n) is 12.1. The molecule has 2 aliphatic rings. The van der Waals surface area contributed by atoms with Gasteiger partial charge in [-0.3, -0.25) is 23.7 Å². The molecule has 4 aromatic rings. The summed E-state index contributed by atoms with van der Waals surface area (Å²) in [7, 11) is 0. The maximum absolute atomic E-state index is 13.8. The van der Waals surface area contributed by atoms with Crippen molar-refractivity contribution in [3.63, 3.8) is 0 Å². The number of carbonyl (C=O) groups excluding carboxylic acids is 2. The lowest BCUT2D eigenvalue weighted by Gasteiger charge is -2.36. The molecule has 2 fully saturated rings. The quantitative estimate of drug-likeness (QED) is 0.289. The molecular weight excluding hydrogens is 583 g/mol. The van der Waals surface area contributed by atoms with Gasteiger partial charge in [-0.15, -0.1) is 6.42 Å². The number of benzene rings is 1. The fourth-order valence-corrected chi connectivity index (χ4v) is 6.55. The van der Waals surface area contributed by atoms with E-state index in [9.17, 15) is 22.8 Å². The number of aryl methyl sites for hydroxylation is 1. The van der Waals surface area contributed by atoms with Gasteiger partial charge in [-0.2, -0.15) is 18.3 Å². The molecule has 1 saturated carbocycles. The van der Waals surface area contributed by atoms with Crippen molar-refractivity contribution in [1.82, 2.24) is 33.9 Å². The number of terminal acetylenes is 1. The number of fused-ring (bicyclic) bond motifs is 1. The number of carbonyl (C=O) groups is 2. The van der Waals surface area contributed by atoms with Crippen molar-refractivity contribution >= 4 is 17.5 Å². The molecule has 3 aromatic heterocycles. The van der Waals surface area contributed by atoms with Crippen LogP contribution in [0.25, 0.3) is 16.9 Å². The Morgan fingerprint density at radius 2 is 1.84 bits per heavy atom. The lowest BCUT2D eigenvalue weighted by atomic mass is 10.0. The Morgan fingerprint density at radius 1 is 1.09 bits per heavy atom. The minimum atomic E-state index is -4.68. The van der Waals surface area contributed by atoms with E-state index in [2.05, 4.69) is 27.9 Å². The van der Waals surface area contributed by atoms with Gasteiger partial charge < -0.3 is 9.80 Å². The van der Waals surface area contributed by atoms with E-state index in [-0.39, 0.29) is 35.5 Å². The molecule has 12 heteroatoms. The van der Waals surface area contributed by atoms with Crippen LogP contribution in [0.4, 0.5) is 13.2 Å². The number of piperazine rings is 1. The molecule has 0 N–H and O–H groups in total. The summed E-state index contributed by atoms with van der Waals surface area (Å²) in [4.78, 5) is 38.9. The van der Waals surface area contributed by atoms with Crippen molar-refractivity contribution in [3.8, 4) is 23.6 Å². The molecule has 0 bridgehead atoms. The van der Waals surface area contributed by atoms with Crippen LogP contribution in [0.1, 0.15) is 59.1 Å². The summed E-state index contributed by atoms with van der Waals surface area (Å²) >= 11 is 0. The highest BCUT2D eigenvalue weighted by molar-refractivity contribution is 5.96. The summed E-state index contributed by atoms with van der Waals surface area (Å²) in [6.07, 6.45) is 9.72. The van der Waals surface area contributed by atoms with E-state index in [0.29, 0.717) is 55.4 Å². The van der Waals surface area contributed by atoms with Gasteiger partial charge in [0, 0.05) is 62.7 Å². The number of rotatable bonds is 6. The highest BCUT2D eigenvalue weighted by Gasteiger charge is 2.38. The molecule has 1 aliphatic carbocycles. The first kappa shape index (κ1) is 30.4. The average Bonchev–Trinajstić information content (AvgIpc) is 3.75. The second-order valence-corrected chi connectivity index (χ2v) is 12.1. The smallest absolute Gasteiger partial charge is 0.339 e. The standard InChI is InChI=1S/C33H34F3N7O2/c1-4-10-42-20-26(29(39-42)33(34,35)36)28-19-38-30-27(37-9-11-43(28)30)18-23-6-8-25(22(3)17-23)32(45)41-14-12-40(13-15-41)31(44)24-7-5-21(2)16-24/h1,6,8-9,11,17,19-21,24H,5,7,10,12-16,18H2,2-3H3/t21-,24-/m1/s1. The van der Waals surface area contributed by atoms with Gasteiger partial charge >= 0.3 is 6.18 Å². The number of aromatic nitrogens is 5. The highest BCUT2D eigenvalue weighted by atomic mass is 19.4. The maximum Gasteiger partial charge on any atom is 0.435 e. The van der Waals surface area contributed by atoms with Crippen LogP contribution in [-0.2, 0) is 23.9 Å². The first-order valence-electron chi connectivity index (χ1n) is 15.1. The van der Waals surface area contributed by atoms with Crippen molar-refractivity contribution < 1.29 is 22.8 Å². The van der Waals surface area contributed by atoms with Gasteiger partial charge in [0.25, 0.3) is 5.91 Å². The Labute approximate surface area is 259 Å². The van der Waals surface area contributed by atoms with Crippen LogP contribution in [0.3, 0.4) is 0 Å². The van der Waals surface area contributed by atoms with Gasteiger partial charge in [-0.05, 0) is 49.3 Å². The molecule has 0 unspecified atom stereocenters. The topological polar surface area (TPSA) is 88.6 Å². The van der Waals surface area contributed by atoms with E-state index in [1.54, 1.807) is 21.6 Å². The first-order chi connectivity index (χ1) is 21.5. The molecule has 2 amide bonds.